The number of carbonyl (C=O) groups is 1. The van der Waals surface area contributed by atoms with E-state index in [2.05, 4.69) is 11.9 Å². The molecular weight excluding hydrogens is 324 g/mol. The van der Waals surface area contributed by atoms with E-state index in [-0.39, 0.29) is 23.5 Å². The number of hydrogen-bond acceptors (Lipinski definition) is 4. The SMILES string of the molecule is CCCCN(C(=O)c1ccc2ccccc2n1)C1CCS(=O)(=O)C1. The number of hydrogen-bond donors (Lipinski definition) is 0. The molecule has 2 aromatic rings. The van der Waals surface area contributed by atoms with Crippen LogP contribution in [0.5, 0.6) is 0 Å². The van der Waals surface area contributed by atoms with Gasteiger partial charge in [-0.15, -0.1) is 0 Å². The number of fused-ring (bicyclic) bond motifs is 1. The smallest absolute Gasteiger partial charge is 0.272 e. The molecule has 1 aliphatic rings. The second-order valence-electron chi connectivity index (χ2n) is 6.30. The van der Waals surface area contributed by atoms with Crippen LogP contribution in [0.4, 0.5) is 0 Å². The second kappa shape index (κ2) is 6.89. The third-order valence-electron chi connectivity index (χ3n) is 4.48. The van der Waals surface area contributed by atoms with Crippen molar-refractivity contribution in [3.8, 4) is 0 Å². The van der Waals surface area contributed by atoms with Crippen molar-refractivity contribution in [1.82, 2.24) is 9.88 Å². The van der Waals surface area contributed by atoms with Crippen LogP contribution in [0, 0.1) is 0 Å². The lowest BCUT2D eigenvalue weighted by Gasteiger charge is -2.28. The van der Waals surface area contributed by atoms with Gasteiger partial charge in [0.2, 0.25) is 0 Å². The Morgan fingerprint density at radius 2 is 2.04 bits per heavy atom. The molecule has 1 fully saturated rings. The first kappa shape index (κ1) is 16.9. The Balaban J connectivity index is 1.89. The summed E-state index contributed by atoms with van der Waals surface area (Å²) < 4.78 is 23.6. The molecule has 3 rings (SSSR count). The quantitative estimate of drug-likeness (QED) is 0.835. The number of sulfone groups is 1. The summed E-state index contributed by atoms with van der Waals surface area (Å²) in [5, 5.41) is 0.984. The number of benzene rings is 1. The van der Waals surface area contributed by atoms with E-state index in [1.807, 2.05) is 30.3 Å². The molecule has 1 aliphatic heterocycles. The first-order chi connectivity index (χ1) is 11.5. The van der Waals surface area contributed by atoms with Gasteiger partial charge in [0.05, 0.1) is 17.0 Å². The summed E-state index contributed by atoms with van der Waals surface area (Å²) in [4.78, 5) is 19.1. The van der Waals surface area contributed by atoms with Crippen LogP contribution in [0.2, 0.25) is 0 Å². The number of amides is 1. The van der Waals surface area contributed by atoms with E-state index in [1.165, 1.54) is 0 Å². The number of pyridine rings is 1. The lowest BCUT2D eigenvalue weighted by Crippen LogP contribution is -2.42. The van der Waals surface area contributed by atoms with Crippen molar-refractivity contribution in [2.24, 2.45) is 0 Å². The van der Waals surface area contributed by atoms with Crippen LogP contribution in [0.3, 0.4) is 0 Å². The fraction of sp³-hybridized carbons (Fsp3) is 0.444. The van der Waals surface area contributed by atoms with Gasteiger partial charge in [0.25, 0.3) is 5.91 Å². The summed E-state index contributed by atoms with van der Waals surface area (Å²) in [5.41, 5.74) is 1.16. The minimum atomic E-state index is -3.03. The first-order valence-corrected chi connectivity index (χ1v) is 10.2. The molecule has 2 heterocycles. The van der Waals surface area contributed by atoms with E-state index in [9.17, 15) is 13.2 Å². The van der Waals surface area contributed by atoms with E-state index >= 15 is 0 Å². The van der Waals surface area contributed by atoms with E-state index < -0.39 is 9.84 Å². The molecule has 0 aliphatic carbocycles. The molecule has 1 aromatic heterocycles. The third-order valence-corrected chi connectivity index (χ3v) is 6.23. The molecule has 0 radical (unpaired) electrons. The summed E-state index contributed by atoms with van der Waals surface area (Å²) in [6.07, 6.45) is 2.33. The maximum absolute atomic E-state index is 13.0. The van der Waals surface area contributed by atoms with Gasteiger partial charge in [-0.05, 0) is 25.0 Å². The fourth-order valence-electron chi connectivity index (χ4n) is 3.13. The maximum atomic E-state index is 13.0. The Morgan fingerprint density at radius 3 is 2.75 bits per heavy atom. The van der Waals surface area contributed by atoms with Crippen molar-refractivity contribution in [2.75, 3.05) is 18.1 Å². The predicted octanol–water partition coefficient (Wildman–Crippen LogP) is 2.66. The Hall–Kier alpha value is -1.95. The Labute approximate surface area is 142 Å². The highest BCUT2D eigenvalue weighted by Crippen LogP contribution is 2.21. The van der Waals surface area contributed by atoms with Gasteiger partial charge < -0.3 is 4.90 Å². The molecule has 0 N–H and O–H groups in total. The Bertz CT molecular complexity index is 848. The average molecular weight is 346 g/mol. The molecule has 24 heavy (non-hydrogen) atoms. The van der Waals surface area contributed by atoms with Crippen molar-refractivity contribution >= 4 is 26.6 Å². The van der Waals surface area contributed by atoms with Crippen LogP contribution in [0.15, 0.2) is 36.4 Å². The normalized spacial score (nSPS) is 19.5. The van der Waals surface area contributed by atoms with Crippen molar-refractivity contribution < 1.29 is 13.2 Å². The zero-order valence-corrected chi connectivity index (χ0v) is 14.6. The van der Waals surface area contributed by atoms with Gasteiger partial charge in [0.15, 0.2) is 9.84 Å². The average Bonchev–Trinajstić information content (AvgIpc) is 2.94. The van der Waals surface area contributed by atoms with Gasteiger partial charge in [-0.3, -0.25) is 4.79 Å². The summed E-state index contributed by atoms with van der Waals surface area (Å²) in [5.74, 6) is 0.0608. The molecule has 6 heteroatoms. The molecular formula is C18H22N2O3S. The van der Waals surface area contributed by atoms with E-state index in [1.54, 1.807) is 11.0 Å². The Kier molecular flexibility index (Phi) is 4.85. The minimum Gasteiger partial charge on any atom is -0.333 e. The lowest BCUT2D eigenvalue weighted by molar-refractivity contribution is 0.0688. The maximum Gasteiger partial charge on any atom is 0.272 e. The van der Waals surface area contributed by atoms with E-state index in [4.69, 9.17) is 0 Å². The van der Waals surface area contributed by atoms with Gasteiger partial charge in [0.1, 0.15) is 5.69 Å². The van der Waals surface area contributed by atoms with Crippen LogP contribution in [0.1, 0.15) is 36.7 Å². The molecule has 5 nitrogen and oxygen atoms in total. The number of para-hydroxylation sites is 1. The van der Waals surface area contributed by atoms with Crippen LogP contribution < -0.4 is 0 Å². The molecule has 128 valence electrons. The molecule has 1 amide bonds. The molecule has 1 saturated heterocycles. The van der Waals surface area contributed by atoms with Crippen molar-refractivity contribution in [3.05, 3.63) is 42.1 Å². The topological polar surface area (TPSA) is 67.3 Å². The Morgan fingerprint density at radius 1 is 1.25 bits per heavy atom. The van der Waals surface area contributed by atoms with Crippen molar-refractivity contribution in [2.45, 2.75) is 32.2 Å². The van der Waals surface area contributed by atoms with Crippen LogP contribution in [-0.2, 0) is 9.84 Å². The number of aromatic nitrogens is 1. The lowest BCUT2D eigenvalue weighted by atomic mass is 10.1. The number of rotatable bonds is 5. The van der Waals surface area contributed by atoms with Crippen LogP contribution in [-0.4, -0.2) is 48.3 Å². The van der Waals surface area contributed by atoms with Crippen LogP contribution >= 0.6 is 0 Å². The largest absolute Gasteiger partial charge is 0.333 e. The molecule has 0 saturated carbocycles. The van der Waals surface area contributed by atoms with Crippen molar-refractivity contribution in [1.29, 1.82) is 0 Å². The van der Waals surface area contributed by atoms with Gasteiger partial charge in [-0.1, -0.05) is 37.6 Å². The van der Waals surface area contributed by atoms with Gasteiger partial charge in [-0.2, -0.15) is 0 Å². The van der Waals surface area contributed by atoms with E-state index in [0.29, 0.717) is 18.7 Å². The number of unbranched alkanes of at least 4 members (excludes halogenated alkanes) is 1. The van der Waals surface area contributed by atoms with Gasteiger partial charge in [-0.25, -0.2) is 13.4 Å². The molecule has 0 bridgehead atoms. The summed E-state index contributed by atoms with van der Waals surface area (Å²) in [6.45, 7) is 2.63. The summed E-state index contributed by atoms with van der Waals surface area (Å²) in [6, 6.07) is 11.0. The second-order valence-corrected chi connectivity index (χ2v) is 8.53. The number of nitrogens with zero attached hydrogens (tertiary/aromatic N) is 2. The molecule has 1 unspecified atom stereocenters. The first-order valence-electron chi connectivity index (χ1n) is 8.37. The standard InChI is InChI=1S/C18H22N2O3S/c1-2-3-11-20(15-10-12-24(22,23)13-15)18(21)17-9-8-14-6-4-5-7-16(14)19-17/h4-9,15H,2-3,10-13H2,1H3. The predicted molar refractivity (Wildman–Crippen MR) is 94.7 cm³/mol. The number of carbonyl (C=O) groups excluding carboxylic acids is 1. The molecule has 0 spiro atoms. The monoisotopic (exact) mass is 346 g/mol. The van der Waals surface area contributed by atoms with E-state index in [0.717, 1.165) is 23.7 Å². The van der Waals surface area contributed by atoms with Gasteiger partial charge >= 0.3 is 0 Å². The highest BCUT2D eigenvalue weighted by Gasteiger charge is 2.35. The highest BCUT2D eigenvalue weighted by molar-refractivity contribution is 7.91. The molecule has 1 aromatic carbocycles. The van der Waals surface area contributed by atoms with Crippen molar-refractivity contribution in [3.63, 3.8) is 0 Å². The third kappa shape index (κ3) is 3.59. The molecule has 1 atom stereocenters. The van der Waals surface area contributed by atoms with Crippen LogP contribution in [0.25, 0.3) is 10.9 Å². The van der Waals surface area contributed by atoms with Gasteiger partial charge in [0, 0.05) is 18.0 Å². The zero-order valence-electron chi connectivity index (χ0n) is 13.8. The summed E-state index contributed by atoms with van der Waals surface area (Å²) in [7, 11) is -3.03. The highest BCUT2D eigenvalue weighted by atomic mass is 32.2. The zero-order chi connectivity index (χ0) is 17.2. The fourth-order valence-corrected chi connectivity index (χ4v) is 4.86. The summed E-state index contributed by atoms with van der Waals surface area (Å²) >= 11 is 0. The minimum absolute atomic E-state index is 0.0655.